The van der Waals surface area contributed by atoms with E-state index in [-0.39, 0.29) is 12.5 Å². The first-order chi connectivity index (χ1) is 18.2. The number of hydrogen-bond acceptors (Lipinski definition) is 6. The summed E-state index contributed by atoms with van der Waals surface area (Å²) in [4.78, 5) is 27.4. The van der Waals surface area contributed by atoms with Crippen molar-refractivity contribution in [2.24, 2.45) is 0 Å². The third-order valence-corrected chi connectivity index (χ3v) is 7.27. The number of para-hydroxylation sites is 1. The van der Waals surface area contributed by atoms with E-state index in [4.69, 9.17) is 9.72 Å². The standard InChI is InChI=1S/C29H30N6O2/c1-37-20-26-25(28(36)34-16-14-33(15-17-34)23-11-3-2-4-12-23)19-31-35(26)29-30-18-22-10-7-9-21-8-5-6-13-24(21)27(22)32-29/h2-6,8,11-13,18-19H,7,9-10,14-17,20H2,1H3. The van der Waals surface area contributed by atoms with Crippen molar-refractivity contribution in [3.63, 3.8) is 0 Å². The number of methoxy groups -OCH3 is 1. The largest absolute Gasteiger partial charge is 0.378 e. The number of amides is 1. The lowest BCUT2D eigenvalue weighted by Crippen LogP contribution is -2.49. The molecule has 0 N–H and O–H groups in total. The van der Waals surface area contributed by atoms with Crippen LogP contribution in [-0.2, 0) is 24.2 Å². The number of benzene rings is 2. The Morgan fingerprint density at radius 1 is 0.919 bits per heavy atom. The SMILES string of the molecule is COCc1c(C(=O)N2CCN(c3ccccc3)CC2)cnn1-c1ncc2c(n1)-c1ccccc1CCC2. The lowest BCUT2D eigenvalue weighted by molar-refractivity contribution is 0.0741. The van der Waals surface area contributed by atoms with Gasteiger partial charge in [0.15, 0.2) is 0 Å². The number of fused-ring (bicyclic) bond motifs is 3. The van der Waals surface area contributed by atoms with E-state index in [1.54, 1.807) is 18.0 Å². The molecule has 4 aromatic rings. The summed E-state index contributed by atoms with van der Waals surface area (Å²) < 4.78 is 7.15. The monoisotopic (exact) mass is 494 g/mol. The van der Waals surface area contributed by atoms with Crippen molar-refractivity contribution in [3.05, 3.63) is 89.4 Å². The highest BCUT2D eigenvalue weighted by Gasteiger charge is 2.27. The van der Waals surface area contributed by atoms with Crippen molar-refractivity contribution in [1.82, 2.24) is 24.6 Å². The molecule has 0 saturated carbocycles. The van der Waals surface area contributed by atoms with Crippen LogP contribution in [0.3, 0.4) is 0 Å². The first kappa shape index (κ1) is 23.4. The fourth-order valence-electron chi connectivity index (χ4n) is 5.33. The van der Waals surface area contributed by atoms with Crippen molar-refractivity contribution in [2.75, 3.05) is 38.2 Å². The van der Waals surface area contributed by atoms with Gasteiger partial charge in [0.2, 0.25) is 0 Å². The second kappa shape index (κ2) is 10.1. The van der Waals surface area contributed by atoms with Gasteiger partial charge >= 0.3 is 0 Å². The first-order valence-corrected chi connectivity index (χ1v) is 12.8. The number of carbonyl (C=O) groups is 1. The number of ether oxygens (including phenoxy) is 1. The van der Waals surface area contributed by atoms with Crippen molar-refractivity contribution >= 4 is 11.6 Å². The van der Waals surface area contributed by atoms with Crippen LogP contribution in [0.4, 0.5) is 5.69 Å². The molecule has 2 aliphatic rings. The van der Waals surface area contributed by atoms with Gasteiger partial charge in [-0.2, -0.15) is 9.78 Å². The summed E-state index contributed by atoms with van der Waals surface area (Å²) in [5, 5.41) is 4.57. The zero-order valence-corrected chi connectivity index (χ0v) is 21.0. The molecule has 8 nitrogen and oxygen atoms in total. The molecule has 6 rings (SSSR count). The molecule has 1 amide bonds. The molecular weight excluding hydrogens is 464 g/mol. The van der Waals surface area contributed by atoms with E-state index in [0.717, 1.165) is 49.2 Å². The normalized spacial score (nSPS) is 15.2. The third-order valence-electron chi connectivity index (χ3n) is 7.27. The van der Waals surface area contributed by atoms with Crippen LogP contribution in [0.2, 0.25) is 0 Å². The predicted octanol–water partition coefficient (Wildman–Crippen LogP) is 3.93. The average molecular weight is 495 g/mol. The number of anilines is 1. The quantitative estimate of drug-likeness (QED) is 0.419. The Kier molecular flexibility index (Phi) is 6.40. The van der Waals surface area contributed by atoms with Crippen LogP contribution >= 0.6 is 0 Å². The molecule has 1 saturated heterocycles. The van der Waals surface area contributed by atoms with Crippen molar-refractivity contribution in [3.8, 4) is 17.2 Å². The van der Waals surface area contributed by atoms with E-state index in [9.17, 15) is 4.79 Å². The number of hydrogen-bond donors (Lipinski definition) is 0. The van der Waals surface area contributed by atoms with Gasteiger partial charge in [0.25, 0.3) is 11.9 Å². The number of aromatic nitrogens is 4. The molecule has 0 radical (unpaired) electrons. The van der Waals surface area contributed by atoms with E-state index in [0.29, 0.717) is 30.3 Å². The topological polar surface area (TPSA) is 76.4 Å². The van der Waals surface area contributed by atoms with Gasteiger partial charge in [0.05, 0.1) is 29.8 Å². The van der Waals surface area contributed by atoms with Gasteiger partial charge in [-0.15, -0.1) is 0 Å². The molecule has 0 spiro atoms. The van der Waals surface area contributed by atoms with Crippen LogP contribution in [0.15, 0.2) is 67.0 Å². The van der Waals surface area contributed by atoms with Crippen molar-refractivity contribution < 1.29 is 9.53 Å². The van der Waals surface area contributed by atoms with Crippen LogP contribution in [0.1, 0.15) is 33.6 Å². The number of aryl methyl sites for hydroxylation is 2. The second-order valence-corrected chi connectivity index (χ2v) is 9.52. The Bertz CT molecular complexity index is 1410. The fourth-order valence-corrected chi connectivity index (χ4v) is 5.33. The molecule has 2 aromatic carbocycles. The summed E-state index contributed by atoms with van der Waals surface area (Å²) in [7, 11) is 1.62. The smallest absolute Gasteiger partial charge is 0.257 e. The van der Waals surface area contributed by atoms with E-state index in [1.165, 1.54) is 11.3 Å². The van der Waals surface area contributed by atoms with Gasteiger partial charge in [-0.3, -0.25) is 4.79 Å². The van der Waals surface area contributed by atoms with Crippen LogP contribution in [0.25, 0.3) is 17.2 Å². The van der Waals surface area contributed by atoms with Gasteiger partial charge in [-0.05, 0) is 42.5 Å². The predicted molar refractivity (Wildman–Crippen MR) is 142 cm³/mol. The molecule has 8 heteroatoms. The van der Waals surface area contributed by atoms with Gasteiger partial charge < -0.3 is 14.5 Å². The summed E-state index contributed by atoms with van der Waals surface area (Å²) in [5.41, 5.74) is 6.92. The van der Waals surface area contributed by atoms with E-state index in [1.807, 2.05) is 35.4 Å². The minimum atomic E-state index is -0.0360. The minimum absolute atomic E-state index is 0.0360. The molecule has 37 heavy (non-hydrogen) atoms. The van der Waals surface area contributed by atoms with E-state index in [2.05, 4.69) is 45.3 Å². The summed E-state index contributed by atoms with van der Waals surface area (Å²) in [6, 6.07) is 18.7. The molecule has 1 fully saturated rings. The summed E-state index contributed by atoms with van der Waals surface area (Å²) in [6.07, 6.45) is 6.56. The van der Waals surface area contributed by atoms with Crippen LogP contribution < -0.4 is 4.90 Å². The van der Waals surface area contributed by atoms with Gasteiger partial charge in [0.1, 0.15) is 0 Å². The lowest BCUT2D eigenvalue weighted by atomic mass is 10.0. The molecule has 3 heterocycles. The molecule has 0 bridgehead atoms. The lowest BCUT2D eigenvalue weighted by Gasteiger charge is -2.36. The second-order valence-electron chi connectivity index (χ2n) is 9.52. The highest BCUT2D eigenvalue weighted by Crippen LogP contribution is 2.31. The maximum Gasteiger partial charge on any atom is 0.257 e. The van der Waals surface area contributed by atoms with Gasteiger partial charge in [0, 0.05) is 50.7 Å². The molecule has 188 valence electrons. The van der Waals surface area contributed by atoms with Gasteiger partial charge in [-0.1, -0.05) is 42.5 Å². The third kappa shape index (κ3) is 4.49. The molecule has 2 aromatic heterocycles. The fraction of sp³-hybridized carbons (Fsp3) is 0.310. The Hall–Kier alpha value is -4.04. The van der Waals surface area contributed by atoms with E-state index >= 15 is 0 Å². The number of piperazine rings is 1. The number of rotatable bonds is 5. The first-order valence-electron chi connectivity index (χ1n) is 12.8. The molecule has 0 unspecified atom stereocenters. The zero-order chi connectivity index (χ0) is 25.2. The zero-order valence-electron chi connectivity index (χ0n) is 21.0. The molecule has 1 aliphatic heterocycles. The maximum absolute atomic E-state index is 13.6. The Labute approximate surface area is 216 Å². The molecular formula is C29H30N6O2. The van der Waals surface area contributed by atoms with Crippen molar-refractivity contribution in [1.29, 1.82) is 0 Å². The van der Waals surface area contributed by atoms with Gasteiger partial charge in [-0.25, -0.2) is 9.97 Å². The van der Waals surface area contributed by atoms with E-state index < -0.39 is 0 Å². The van der Waals surface area contributed by atoms with Crippen molar-refractivity contribution in [2.45, 2.75) is 25.9 Å². The Balaban J connectivity index is 1.28. The average Bonchev–Trinajstić information content (AvgIpc) is 3.28. The summed E-state index contributed by atoms with van der Waals surface area (Å²) in [5.74, 6) is 0.418. The highest BCUT2D eigenvalue weighted by atomic mass is 16.5. The summed E-state index contributed by atoms with van der Waals surface area (Å²) >= 11 is 0. The molecule has 1 aliphatic carbocycles. The van der Waals surface area contributed by atoms with Crippen LogP contribution in [0.5, 0.6) is 0 Å². The van der Waals surface area contributed by atoms with Crippen LogP contribution in [-0.4, -0.2) is 63.8 Å². The number of nitrogens with zero attached hydrogens (tertiary/aromatic N) is 6. The number of carbonyl (C=O) groups excluding carboxylic acids is 1. The summed E-state index contributed by atoms with van der Waals surface area (Å²) in [6.45, 7) is 3.12. The molecule has 0 atom stereocenters. The van der Waals surface area contributed by atoms with Crippen LogP contribution in [0, 0.1) is 0 Å². The Morgan fingerprint density at radius 3 is 2.49 bits per heavy atom. The highest BCUT2D eigenvalue weighted by molar-refractivity contribution is 5.95. The maximum atomic E-state index is 13.6. The Morgan fingerprint density at radius 2 is 1.68 bits per heavy atom. The minimum Gasteiger partial charge on any atom is -0.378 e.